The second-order valence-electron chi connectivity index (χ2n) is 2.23. The molecular weight excluding hydrogens is 239 g/mol. The summed E-state index contributed by atoms with van der Waals surface area (Å²) in [6.45, 7) is 0. The Labute approximate surface area is 84.8 Å². The van der Waals surface area contributed by atoms with E-state index in [-0.39, 0.29) is 5.75 Å². The van der Waals surface area contributed by atoms with Gasteiger partial charge in [-0.2, -0.15) is 0 Å². The van der Waals surface area contributed by atoms with Gasteiger partial charge in [0.1, 0.15) is 5.75 Å². The minimum atomic E-state index is 0.249. The third kappa shape index (κ3) is 2.26. The fourth-order valence-electron chi connectivity index (χ4n) is 0.838. The topological polar surface area (TPSA) is 20.2 Å². The fourth-order valence-corrected chi connectivity index (χ4v) is 1.31. The molecule has 1 aromatic carbocycles. The Bertz CT molecular complexity index is 297. The zero-order valence-electron chi connectivity index (χ0n) is 6.30. The van der Waals surface area contributed by atoms with Crippen LogP contribution in [-0.4, -0.2) is 11.0 Å². The van der Waals surface area contributed by atoms with Gasteiger partial charge in [0.05, 0.1) is 4.47 Å². The van der Waals surface area contributed by atoms with Crippen LogP contribution in [0.3, 0.4) is 0 Å². The summed E-state index contributed by atoms with van der Waals surface area (Å²) in [4.78, 5) is 0. The normalized spacial score (nSPS) is 10.8. The summed E-state index contributed by atoms with van der Waals surface area (Å²) < 4.78 is 0.694. The van der Waals surface area contributed by atoms with Crippen LogP contribution in [0.1, 0.15) is 5.56 Å². The standard InChI is InChI=1S/C9H8BrClO/c10-8-5-1-3-7(9(8)12)4-2-6-11/h1-5,12H,6H2. The van der Waals surface area contributed by atoms with Gasteiger partial charge >= 0.3 is 0 Å². The molecule has 3 heteroatoms. The van der Waals surface area contributed by atoms with Crippen molar-refractivity contribution >= 4 is 33.6 Å². The number of hydrogen-bond acceptors (Lipinski definition) is 1. The zero-order valence-corrected chi connectivity index (χ0v) is 8.64. The summed E-state index contributed by atoms with van der Waals surface area (Å²) in [5.74, 6) is 0.699. The van der Waals surface area contributed by atoms with Crippen LogP contribution in [0.5, 0.6) is 5.75 Å². The van der Waals surface area contributed by atoms with E-state index in [1.165, 1.54) is 0 Å². The Kier molecular flexibility index (Phi) is 3.63. The summed E-state index contributed by atoms with van der Waals surface area (Å²) >= 11 is 8.68. The molecule has 0 saturated carbocycles. The maximum absolute atomic E-state index is 9.48. The third-order valence-electron chi connectivity index (χ3n) is 1.40. The molecule has 1 aromatic rings. The van der Waals surface area contributed by atoms with Gasteiger partial charge in [-0.15, -0.1) is 11.6 Å². The maximum atomic E-state index is 9.48. The van der Waals surface area contributed by atoms with E-state index >= 15 is 0 Å². The number of aromatic hydroxyl groups is 1. The molecule has 64 valence electrons. The number of halogens is 2. The Balaban J connectivity index is 3.00. The molecule has 12 heavy (non-hydrogen) atoms. The largest absolute Gasteiger partial charge is 0.506 e. The predicted octanol–water partition coefficient (Wildman–Crippen LogP) is 3.41. The molecule has 0 unspecified atom stereocenters. The highest BCUT2D eigenvalue weighted by molar-refractivity contribution is 9.10. The Morgan fingerprint density at radius 3 is 2.92 bits per heavy atom. The molecule has 0 bridgehead atoms. The number of allylic oxidation sites excluding steroid dienone is 1. The van der Waals surface area contributed by atoms with Gasteiger partial charge in [0.25, 0.3) is 0 Å². The highest BCUT2D eigenvalue weighted by Gasteiger charge is 1.99. The SMILES string of the molecule is Oc1c(Br)cccc1C=CCCl. The van der Waals surface area contributed by atoms with Gasteiger partial charge in [-0.05, 0) is 22.0 Å². The van der Waals surface area contributed by atoms with E-state index in [0.29, 0.717) is 10.4 Å². The summed E-state index contributed by atoms with van der Waals surface area (Å²) in [6.07, 6.45) is 3.57. The average Bonchev–Trinajstić information content (AvgIpc) is 2.08. The van der Waals surface area contributed by atoms with E-state index in [4.69, 9.17) is 11.6 Å². The van der Waals surface area contributed by atoms with Crippen molar-refractivity contribution in [1.29, 1.82) is 0 Å². The van der Waals surface area contributed by atoms with Gasteiger partial charge in [0, 0.05) is 11.4 Å². The summed E-state index contributed by atoms with van der Waals surface area (Å²) in [5, 5.41) is 9.48. The molecular formula is C9H8BrClO. The maximum Gasteiger partial charge on any atom is 0.136 e. The van der Waals surface area contributed by atoms with E-state index in [1.54, 1.807) is 18.2 Å². The first kappa shape index (κ1) is 9.62. The van der Waals surface area contributed by atoms with Gasteiger partial charge < -0.3 is 5.11 Å². The molecule has 0 heterocycles. The second kappa shape index (κ2) is 4.53. The highest BCUT2D eigenvalue weighted by Crippen LogP contribution is 2.28. The van der Waals surface area contributed by atoms with Crippen molar-refractivity contribution in [2.24, 2.45) is 0 Å². The number of phenols is 1. The number of benzene rings is 1. The van der Waals surface area contributed by atoms with Gasteiger partial charge in [-0.25, -0.2) is 0 Å². The van der Waals surface area contributed by atoms with Crippen LogP contribution in [0, 0.1) is 0 Å². The molecule has 0 atom stereocenters. The average molecular weight is 248 g/mol. The van der Waals surface area contributed by atoms with E-state index < -0.39 is 0 Å². The smallest absolute Gasteiger partial charge is 0.136 e. The molecule has 0 aliphatic heterocycles. The van der Waals surface area contributed by atoms with Crippen LogP contribution in [0.25, 0.3) is 6.08 Å². The van der Waals surface area contributed by atoms with Crippen molar-refractivity contribution in [2.45, 2.75) is 0 Å². The summed E-state index contributed by atoms with van der Waals surface area (Å²) in [6, 6.07) is 5.47. The molecule has 0 aromatic heterocycles. The quantitative estimate of drug-likeness (QED) is 0.794. The van der Waals surface area contributed by atoms with Crippen molar-refractivity contribution in [2.75, 3.05) is 5.88 Å². The fraction of sp³-hybridized carbons (Fsp3) is 0.111. The molecule has 0 amide bonds. The lowest BCUT2D eigenvalue weighted by Gasteiger charge is -1.99. The van der Waals surface area contributed by atoms with E-state index in [9.17, 15) is 5.11 Å². The number of phenolic OH excluding ortho intramolecular Hbond substituents is 1. The summed E-state index contributed by atoms with van der Waals surface area (Å²) in [5.41, 5.74) is 0.769. The van der Waals surface area contributed by atoms with Gasteiger partial charge in [-0.3, -0.25) is 0 Å². The van der Waals surface area contributed by atoms with Crippen LogP contribution < -0.4 is 0 Å². The molecule has 0 saturated heterocycles. The second-order valence-corrected chi connectivity index (χ2v) is 3.40. The molecule has 1 rings (SSSR count). The first-order chi connectivity index (χ1) is 5.75. The van der Waals surface area contributed by atoms with Crippen LogP contribution in [0.4, 0.5) is 0 Å². The lowest BCUT2D eigenvalue weighted by molar-refractivity contribution is 0.470. The Morgan fingerprint density at radius 1 is 1.50 bits per heavy atom. The van der Waals surface area contributed by atoms with Crippen LogP contribution in [-0.2, 0) is 0 Å². The number of rotatable bonds is 2. The van der Waals surface area contributed by atoms with E-state index in [0.717, 1.165) is 5.56 Å². The van der Waals surface area contributed by atoms with Crippen molar-refractivity contribution in [1.82, 2.24) is 0 Å². The molecule has 0 radical (unpaired) electrons. The molecule has 0 aliphatic carbocycles. The number of alkyl halides is 1. The zero-order chi connectivity index (χ0) is 8.97. The molecule has 0 aliphatic rings. The molecule has 1 N–H and O–H groups in total. The van der Waals surface area contributed by atoms with Crippen molar-refractivity contribution < 1.29 is 5.11 Å². The molecule has 0 fully saturated rings. The monoisotopic (exact) mass is 246 g/mol. The first-order valence-electron chi connectivity index (χ1n) is 3.45. The Hall–Kier alpha value is -0.470. The third-order valence-corrected chi connectivity index (χ3v) is 2.22. The van der Waals surface area contributed by atoms with Crippen LogP contribution >= 0.6 is 27.5 Å². The lowest BCUT2D eigenvalue weighted by Crippen LogP contribution is -1.75. The van der Waals surface area contributed by atoms with Crippen molar-refractivity contribution in [3.05, 3.63) is 34.3 Å². The summed E-state index contributed by atoms with van der Waals surface area (Å²) in [7, 11) is 0. The van der Waals surface area contributed by atoms with Gasteiger partial charge in [0.2, 0.25) is 0 Å². The van der Waals surface area contributed by atoms with E-state index in [2.05, 4.69) is 15.9 Å². The van der Waals surface area contributed by atoms with Crippen LogP contribution in [0.15, 0.2) is 28.7 Å². The van der Waals surface area contributed by atoms with E-state index in [1.807, 2.05) is 12.1 Å². The van der Waals surface area contributed by atoms with Crippen molar-refractivity contribution in [3.8, 4) is 5.75 Å². The number of para-hydroxylation sites is 1. The minimum Gasteiger partial charge on any atom is -0.506 e. The van der Waals surface area contributed by atoms with Crippen LogP contribution in [0.2, 0.25) is 0 Å². The van der Waals surface area contributed by atoms with Gasteiger partial charge in [0.15, 0.2) is 0 Å². The first-order valence-corrected chi connectivity index (χ1v) is 4.78. The number of hydrogen-bond donors (Lipinski definition) is 1. The molecule has 1 nitrogen and oxygen atoms in total. The Morgan fingerprint density at radius 2 is 2.25 bits per heavy atom. The van der Waals surface area contributed by atoms with Crippen molar-refractivity contribution in [3.63, 3.8) is 0 Å². The predicted molar refractivity (Wildman–Crippen MR) is 55.6 cm³/mol. The minimum absolute atomic E-state index is 0.249. The van der Waals surface area contributed by atoms with Gasteiger partial charge in [-0.1, -0.05) is 24.3 Å². The molecule has 0 spiro atoms. The highest BCUT2D eigenvalue weighted by atomic mass is 79.9. The lowest BCUT2D eigenvalue weighted by atomic mass is 10.2.